The van der Waals surface area contributed by atoms with E-state index in [-0.39, 0.29) is 29.7 Å². The van der Waals surface area contributed by atoms with Crippen LogP contribution in [0.15, 0.2) is 42.5 Å². The molecule has 3 amide bonds. The molecular formula is C19H17FN2O3. The molecule has 1 atom stereocenters. The number of aryl methyl sites for hydroxylation is 1. The number of carbonyl (C=O) groups excluding carboxylic acids is 3. The number of rotatable bonds is 4. The van der Waals surface area contributed by atoms with Gasteiger partial charge in [-0.25, -0.2) is 4.39 Å². The van der Waals surface area contributed by atoms with Gasteiger partial charge in [-0.05, 0) is 48.7 Å². The van der Waals surface area contributed by atoms with Crippen molar-refractivity contribution in [2.24, 2.45) is 5.92 Å². The number of anilines is 1. The van der Waals surface area contributed by atoms with Gasteiger partial charge in [0.1, 0.15) is 5.82 Å². The van der Waals surface area contributed by atoms with Crippen molar-refractivity contribution in [1.29, 1.82) is 0 Å². The largest absolute Gasteiger partial charge is 0.322 e. The summed E-state index contributed by atoms with van der Waals surface area (Å²) in [6.07, 6.45) is 0.672. The van der Waals surface area contributed by atoms with E-state index in [2.05, 4.69) is 10.6 Å². The maximum Gasteiger partial charge on any atom is 0.255 e. The zero-order chi connectivity index (χ0) is 18.0. The third-order valence-corrected chi connectivity index (χ3v) is 4.19. The van der Waals surface area contributed by atoms with E-state index < -0.39 is 11.7 Å². The van der Waals surface area contributed by atoms with Crippen molar-refractivity contribution < 1.29 is 18.8 Å². The third-order valence-electron chi connectivity index (χ3n) is 4.19. The first-order chi connectivity index (χ1) is 11.9. The van der Waals surface area contributed by atoms with E-state index >= 15 is 0 Å². The molecule has 1 aliphatic rings. The van der Waals surface area contributed by atoms with E-state index in [9.17, 15) is 18.8 Å². The van der Waals surface area contributed by atoms with Crippen molar-refractivity contribution >= 4 is 23.4 Å². The second-order valence-electron chi connectivity index (χ2n) is 6.13. The molecule has 1 aliphatic heterocycles. The van der Waals surface area contributed by atoms with Gasteiger partial charge in [-0.1, -0.05) is 18.2 Å². The molecule has 1 unspecified atom stereocenters. The maximum absolute atomic E-state index is 13.5. The highest BCUT2D eigenvalue weighted by Gasteiger charge is 2.30. The van der Waals surface area contributed by atoms with E-state index in [4.69, 9.17) is 0 Å². The Morgan fingerprint density at radius 3 is 2.52 bits per heavy atom. The molecular weight excluding hydrogens is 323 g/mol. The highest BCUT2D eigenvalue weighted by atomic mass is 19.1. The number of amides is 3. The Bertz CT molecular complexity index is 846. The average Bonchev–Trinajstić information content (AvgIpc) is 2.89. The van der Waals surface area contributed by atoms with Crippen LogP contribution in [0.1, 0.15) is 27.9 Å². The standard InChI is InChI=1S/C19H17FN2O3/c1-11-2-5-13(9-16(11)20)18(24)21-15-6-3-12(4-7-15)8-14-10-17(23)22-19(14)25/h2-7,9,14H,8,10H2,1H3,(H,21,24)(H,22,23,25). The summed E-state index contributed by atoms with van der Waals surface area (Å²) in [5.74, 6) is -1.66. The van der Waals surface area contributed by atoms with Gasteiger partial charge in [0.2, 0.25) is 11.8 Å². The topological polar surface area (TPSA) is 75.3 Å². The molecule has 0 aromatic heterocycles. The lowest BCUT2D eigenvalue weighted by atomic mass is 9.98. The number of hydrogen-bond donors (Lipinski definition) is 2. The lowest BCUT2D eigenvalue weighted by molar-refractivity contribution is -0.125. The van der Waals surface area contributed by atoms with Crippen molar-refractivity contribution in [3.05, 3.63) is 65.0 Å². The maximum atomic E-state index is 13.5. The zero-order valence-electron chi connectivity index (χ0n) is 13.6. The minimum atomic E-state index is -0.424. The molecule has 5 nitrogen and oxygen atoms in total. The Kier molecular flexibility index (Phi) is 4.61. The highest BCUT2D eigenvalue weighted by molar-refractivity contribution is 6.04. The van der Waals surface area contributed by atoms with Gasteiger partial charge in [-0.3, -0.25) is 19.7 Å². The smallest absolute Gasteiger partial charge is 0.255 e. The molecule has 1 heterocycles. The number of hydrogen-bond acceptors (Lipinski definition) is 3. The predicted molar refractivity (Wildman–Crippen MR) is 90.5 cm³/mol. The molecule has 0 spiro atoms. The number of carbonyl (C=O) groups is 3. The Morgan fingerprint density at radius 2 is 1.92 bits per heavy atom. The van der Waals surface area contributed by atoms with E-state index in [0.29, 0.717) is 17.7 Å². The van der Waals surface area contributed by atoms with Crippen LogP contribution in [-0.2, 0) is 16.0 Å². The van der Waals surface area contributed by atoms with Gasteiger partial charge in [0.05, 0.1) is 5.92 Å². The summed E-state index contributed by atoms with van der Waals surface area (Å²) in [7, 11) is 0. The van der Waals surface area contributed by atoms with Crippen LogP contribution in [0.2, 0.25) is 0 Å². The second-order valence-corrected chi connectivity index (χ2v) is 6.13. The van der Waals surface area contributed by atoms with Crippen LogP contribution in [0.4, 0.5) is 10.1 Å². The average molecular weight is 340 g/mol. The summed E-state index contributed by atoms with van der Waals surface area (Å²) < 4.78 is 13.5. The Balaban J connectivity index is 1.64. The predicted octanol–water partition coefficient (Wildman–Crippen LogP) is 2.59. The van der Waals surface area contributed by atoms with Crippen molar-refractivity contribution in [2.45, 2.75) is 19.8 Å². The van der Waals surface area contributed by atoms with Crippen LogP contribution in [0.5, 0.6) is 0 Å². The molecule has 6 heteroatoms. The fourth-order valence-corrected chi connectivity index (χ4v) is 2.72. The van der Waals surface area contributed by atoms with Gasteiger partial charge in [-0.15, -0.1) is 0 Å². The van der Waals surface area contributed by atoms with Gasteiger partial charge in [0.25, 0.3) is 5.91 Å². The van der Waals surface area contributed by atoms with Crippen LogP contribution in [0.3, 0.4) is 0 Å². The first-order valence-electron chi connectivity index (χ1n) is 7.92. The molecule has 128 valence electrons. The molecule has 0 aliphatic carbocycles. The number of halogens is 1. The molecule has 2 N–H and O–H groups in total. The minimum absolute atomic E-state index is 0.205. The minimum Gasteiger partial charge on any atom is -0.322 e. The van der Waals surface area contributed by atoms with Crippen molar-refractivity contribution in [3.8, 4) is 0 Å². The Morgan fingerprint density at radius 1 is 1.20 bits per heavy atom. The summed E-state index contributed by atoms with van der Waals surface area (Å²) in [6, 6.07) is 11.3. The summed E-state index contributed by atoms with van der Waals surface area (Å²) in [5.41, 5.74) is 2.19. The monoisotopic (exact) mass is 340 g/mol. The van der Waals surface area contributed by atoms with Gasteiger partial charge >= 0.3 is 0 Å². The lowest BCUT2D eigenvalue weighted by Gasteiger charge is -2.09. The molecule has 25 heavy (non-hydrogen) atoms. The first-order valence-corrected chi connectivity index (χ1v) is 7.92. The van der Waals surface area contributed by atoms with Crippen molar-refractivity contribution in [3.63, 3.8) is 0 Å². The molecule has 3 rings (SSSR count). The Hall–Kier alpha value is -3.02. The van der Waals surface area contributed by atoms with Crippen molar-refractivity contribution in [2.75, 3.05) is 5.32 Å². The van der Waals surface area contributed by atoms with Gasteiger partial charge in [0, 0.05) is 17.7 Å². The molecule has 0 radical (unpaired) electrons. The van der Waals surface area contributed by atoms with Crippen LogP contribution in [0, 0.1) is 18.7 Å². The number of nitrogens with one attached hydrogen (secondary N) is 2. The summed E-state index contributed by atoms with van der Waals surface area (Å²) >= 11 is 0. The molecule has 2 aromatic carbocycles. The fourth-order valence-electron chi connectivity index (χ4n) is 2.72. The number of benzene rings is 2. The van der Waals surface area contributed by atoms with Crippen molar-refractivity contribution in [1.82, 2.24) is 5.32 Å². The zero-order valence-corrected chi connectivity index (χ0v) is 13.6. The summed E-state index contributed by atoms with van der Waals surface area (Å²) in [5, 5.41) is 4.99. The van der Waals surface area contributed by atoms with Gasteiger partial charge in [0.15, 0.2) is 0 Å². The normalized spacial score (nSPS) is 16.6. The molecule has 1 saturated heterocycles. The fraction of sp³-hybridized carbons (Fsp3) is 0.211. The number of imide groups is 1. The van der Waals surface area contributed by atoms with Gasteiger partial charge < -0.3 is 5.32 Å². The first kappa shape index (κ1) is 16.8. The Labute approximate surface area is 144 Å². The summed E-state index contributed by atoms with van der Waals surface area (Å²) in [6.45, 7) is 1.63. The molecule has 0 bridgehead atoms. The highest BCUT2D eigenvalue weighted by Crippen LogP contribution is 2.19. The quantitative estimate of drug-likeness (QED) is 0.840. The van der Waals surface area contributed by atoms with Crippen LogP contribution in [-0.4, -0.2) is 17.7 Å². The third kappa shape index (κ3) is 3.91. The van der Waals surface area contributed by atoms with Crippen LogP contribution >= 0.6 is 0 Å². The van der Waals surface area contributed by atoms with E-state index in [0.717, 1.165) is 5.56 Å². The van der Waals surface area contributed by atoms with Gasteiger partial charge in [-0.2, -0.15) is 0 Å². The van der Waals surface area contributed by atoms with E-state index in [1.807, 2.05) is 0 Å². The molecule has 1 fully saturated rings. The SMILES string of the molecule is Cc1ccc(C(=O)Nc2ccc(CC3CC(=O)NC3=O)cc2)cc1F. The van der Waals surface area contributed by atoms with E-state index in [1.54, 1.807) is 43.3 Å². The molecule has 2 aromatic rings. The van der Waals surface area contributed by atoms with Crippen LogP contribution < -0.4 is 10.6 Å². The molecule has 0 saturated carbocycles. The summed E-state index contributed by atoms with van der Waals surface area (Å²) in [4.78, 5) is 34.9. The van der Waals surface area contributed by atoms with E-state index in [1.165, 1.54) is 6.07 Å². The second kappa shape index (κ2) is 6.84. The van der Waals surface area contributed by atoms with Crippen LogP contribution in [0.25, 0.3) is 0 Å². The lowest BCUT2D eigenvalue weighted by Crippen LogP contribution is -2.22.